The average Bonchev–Trinajstić information content (AvgIpc) is 3.50. The molecule has 0 saturated carbocycles. The summed E-state index contributed by atoms with van der Waals surface area (Å²) in [5, 5.41) is 0. The molecular weight excluding hydrogens is 438 g/mol. The van der Waals surface area contributed by atoms with Crippen LogP contribution in [0, 0.1) is 11.6 Å². The van der Waals surface area contributed by atoms with Crippen LogP contribution in [0.25, 0.3) is 16.8 Å². The van der Waals surface area contributed by atoms with Crippen molar-refractivity contribution in [3.63, 3.8) is 0 Å². The van der Waals surface area contributed by atoms with E-state index in [1.54, 1.807) is 12.4 Å². The van der Waals surface area contributed by atoms with Crippen LogP contribution in [0.2, 0.25) is 0 Å². The Kier molecular flexibility index (Phi) is 5.79. The molecule has 0 aliphatic carbocycles. The fraction of sp³-hybridized carbons (Fsp3) is 0.192. The summed E-state index contributed by atoms with van der Waals surface area (Å²) in [6.07, 6.45) is 8.42. The lowest BCUT2D eigenvalue weighted by atomic mass is 10.1. The van der Waals surface area contributed by atoms with Gasteiger partial charge in [-0.1, -0.05) is 30.8 Å². The molecule has 0 spiro atoms. The number of hydrogen-bond acceptors (Lipinski definition) is 4. The number of hydrogen-bond donors (Lipinski definition) is 0. The molecule has 1 atom stereocenters. The highest BCUT2D eigenvalue weighted by atomic mass is 19.2. The van der Waals surface area contributed by atoms with E-state index in [0.717, 1.165) is 53.1 Å². The highest BCUT2D eigenvalue weighted by Gasteiger charge is 2.32. The van der Waals surface area contributed by atoms with E-state index >= 15 is 0 Å². The Morgan fingerprint density at radius 3 is 2.76 bits per heavy atom. The van der Waals surface area contributed by atoms with Crippen molar-refractivity contribution < 1.29 is 18.3 Å². The van der Waals surface area contributed by atoms with Crippen LogP contribution in [-0.2, 0) is 11.4 Å². The topological polar surface area (TPSA) is 59.7 Å². The number of benzene rings is 2. The molecule has 1 fully saturated rings. The molecule has 1 aliphatic heterocycles. The van der Waals surface area contributed by atoms with Gasteiger partial charge in [-0.3, -0.25) is 14.2 Å². The lowest BCUT2D eigenvalue weighted by Gasteiger charge is -2.22. The van der Waals surface area contributed by atoms with E-state index in [1.165, 1.54) is 12.1 Å². The maximum atomic E-state index is 13.4. The highest BCUT2D eigenvalue weighted by molar-refractivity contribution is 5.87. The first kappa shape index (κ1) is 21.8. The van der Waals surface area contributed by atoms with E-state index in [-0.39, 0.29) is 24.3 Å². The normalized spacial score (nSPS) is 15.6. The van der Waals surface area contributed by atoms with E-state index < -0.39 is 11.6 Å². The molecule has 1 saturated heterocycles. The van der Waals surface area contributed by atoms with Gasteiger partial charge in [0.2, 0.25) is 5.91 Å². The monoisotopic (exact) mass is 460 g/mol. The zero-order valence-electron chi connectivity index (χ0n) is 18.3. The van der Waals surface area contributed by atoms with Crippen LogP contribution in [0.3, 0.4) is 0 Å². The molecular formula is C26H22F2N4O2. The number of imidazole rings is 1. The van der Waals surface area contributed by atoms with Gasteiger partial charge in [0.1, 0.15) is 18.2 Å². The number of likely N-dealkylation sites (tertiary alicyclic amines) is 1. The minimum atomic E-state index is -0.945. The number of amides is 1. The van der Waals surface area contributed by atoms with Gasteiger partial charge in [-0.25, -0.2) is 13.8 Å². The molecule has 8 heteroatoms. The number of carbonyl (C=O) groups is 1. The Labute approximate surface area is 195 Å². The van der Waals surface area contributed by atoms with Gasteiger partial charge in [0, 0.05) is 30.6 Å². The van der Waals surface area contributed by atoms with Crippen LogP contribution in [0.15, 0.2) is 73.7 Å². The van der Waals surface area contributed by atoms with Crippen molar-refractivity contribution >= 4 is 11.4 Å². The quantitative estimate of drug-likeness (QED) is 0.376. The van der Waals surface area contributed by atoms with Crippen molar-refractivity contribution in [1.82, 2.24) is 19.3 Å². The first-order valence-electron chi connectivity index (χ1n) is 11.0. The largest absolute Gasteiger partial charge is 0.489 e. The van der Waals surface area contributed by atoms with Gasteiger partial charge >= 0.3 is 0 Å². The average molecular weight is 460 g/mol. The number of ether oxygens (including phenoxy) is 1. The van der Waals surface area contributed by atoms with Crippen LogP contribution in [0.4, 0.5) is 8.78 Å². The first-order valence-corrected chi connectivity index (χ1v) is 11.0. The van der Waals surface area contributed by atoms with Gasteiger partial charge in [-0.05, 0) is 36.6 Å². The minimum Gasteiger partial charge on any atom is -0.489 e. The standard InChI is InChI=1S/C26H22F2N4O2/c1-2-24(33)31-12-3-4-22(31)26-30-25(23-15-29-11-13-32(23)26)18-7-5-17(6-8-18)16-34-19-9-10-20(27)21(28)14-19/h2,5-11,13-15,22H,1,3-4,12,16H2. The molecule has 6 nitrogen and oxygen atoms in total. The van der Waals surface area contributed by atoms with Crippen molar-refractivity contribution in [3.8, 4) is 17.0 Å². The predicted molar refractivity (Wildman–Crippen MR) is 123 cm³/mol. The summed E-state index contributed by atoms with van der Waals surface area (Å²) in [4.78, 5) is 23.4. The van der Waals surface area contributed by atoms with E-state index in [4.69, 9.17) is 9.72 Å². The van der Waals surface area contributed by atoms with Gasteiger partial charge in [0.05, 0.1) is 23.4 Å². The minimum absolute atomic E-state index is 0.0970. The number of aromatic nitrogens is 3. The highest BCUT2D eigenvalue weighted by Crippen LogP contribution is 2.35. The Hall–Kier alpha value is -4.07. The van der Waals surface area contributed by atoms with Crippen molar-refractivity contribution in [3.05, 3.63) is 96.7 Å². The van der Waals surface area contributed by atoms with Gasteiger partial charge < -0.3 is 9.64 Å². The summed E-state index contributed by atoms with van der Waals surface area (Å²) in [6.45, 7) is 4.51. The molecule has 4 aromatic rings. The smallest absolute Gasteiger partial charge is 0.246 e. The van der Waals surface area contributed by atoms with Crippen LogP contribution in [0.5, 0.6) is 5.75 Å². The van der Waals surface area contributed by atoms with Crippen molar-refractivity contribution in [2.45, 2.75) is 25.5 Å². The number of halogens is 2. The molecule has 1 amide bonds. The molecule has 0 bridgehead atoms. The SMILES string of the molecule is C=CC(=O)N1CCCC1c1nc(-c2ccc(COc3ccc(F)c(F)c3)cc2)c2cnccn12. The fourth-order valence-corrected chi connectivity index (χ4v) is 4.32. The molecule has 0 radical (unpaired) electrons. The number of rotatable bonds is 6. The van der Waals surface area contributed by atoms with Crippen molar-refractivity contribution in [2.75, 3.05) is 6.54 Å². The third kappa shape index (κ3) is 4.03. The first-order chi connectivity index (χ1) is 16.5. The summed E-state index contributed by atoms with van der Waals surface area (Å²) in [5.74, 6) is -0.896. The number of fused-ring (bicyclic) bond motifs is 1. The maximum Gasteiger partial charge on any atom is 0.246 e. The van der Waals surface area contributed by atoms with Gasteiger partial charge in [0.15, 0.2) is 11.6 Å². The summed E-state index contributed by atoms with van der Waals surface area (Å²) in [7, 11) is 0. The predicted octanol–water partition coefficient (Wildman–Crippen LogP) is 5.10. The lowest BCUT2D eigenvalue weighted by Crippen LogP contribution is -2.29. The molecule has 3 heterocycles. The van der Waals surface area contributed by atoms with Crippen molar-refractivity contribution in [1.29, 1.82) is 0 Å². The zero-order valence-corrected chi connectivity index (χ0v) is 18.3. The lowest BCUT2D eigenvalue weighted by molar-refractivity contribution is -0.127. The Bertz CT molecular complexity index is 1370. The molecule has 2 aromatic heterocycles. The Morgan fingerprint density at radius 2 is 2.00 bits per heavy atom. The van der Waals surface area contributed by atoms with E-state index in [0.29, 0.717) is 6.54 Å². The second kappa shape index (κ2) is 9.05. The molecule has 5 rings (SSSR count). The fourth-order valence-electron chi connectivity index (χ4n) is 4.32. The number of carbonyl (C=O) groups excluding carboxylic acids is 1. The summed E-state index contributed by atoms with van der Waals surface area (Å²) in [5.41, 5.74) is 3.39. The molecule has 172 valence electrons. The molecule has 2 aromatic carbocycles. The third-order valence-electron chi connectivity index (χ3n) is 6.01. The molecule has 0 N–H and O–H groups in total. The van der Waals surface area contributed by atoms with Crippen molar-refractivity contribution in [2.24, 2.45) is 0 Å². The summed E-state index contributed by atoms with van der Waals surface area (Å²) < 4.78 is 34.0. The maximum absolute atomic E-state index is 13.4. The van der Waals surface area contributed by atoms with Gasteiger partial charge in [-0.2, -0.15) is 0 Å². The third-order valence-corrected chi connectivity index (χ3v) is 6.01. The Balaban J connectivity index is 1.41. The van der Waals surface area contributed by atoms with Gasteiger partial charge in [0.25, 0.3) is 0 Å². The number of nitrogens with zero attached hydrogens (tertiary/aromatic N) is 4. The molecule has 1 aliphatic rings. The van der Waals surface area contributed by atoms with Gasteiger partial charge in [-0.15, -0.1) is 0 Å². The van der Waals surface area contributed by atoms with E-state index in [9.17, 15) is 13.6 Å². The van der Waals surface area contributed by atoms with Crippen LogP contribution >= 0.6 is 0 Å². The Morgan fingerprint density at radius 1 is 1.18 bits per heavy atom. The van der Waals surface area contributed by atoms with E-state index in [1.807, 2.05) is 39.8 Å². The van der Waals surface area contributed by atoms with E-state index in [2.05, 4.69) is 11.6 Å². The molecule has 1 unspecified atom stereocenters. The zero-order chi connectivity index (χ0) is 23.7. The van der Waals surface area contributed by atoms with Crippen LogP contribution < -0.4 is 4.74 Å². The summed E-state index contributed by atoms with van der Waals surface area (Å²) in [6, 6.07) is 11.0. The second-order valence-corrected chi connectivity index (χ2v) is 8.11. The van der Waals surface area contributed by atoms with Crippen LogP contribution in [0.1, 0.15) is 30.3 Å². The summed E-state index contributed by atoms with van der Waals surface area (Å²) >= 11 is 0. The second-order valence-electron chi connectivity index (χ2n) is 8.11. The van der Waals surface area contributed by atoms with Crippen LogP contribution in [-0.4, -0.2) is 31.7 Å². The molecule has 34 heavy (non-hydrogen) atoms.